The van der Waals surface area contributed by atoms with Crippen molar-refractivity contribution in [2.24, 2.45) is 0 Å². The third-order valence-corrected chi connectivity index (χ3v) is 2.81. The highest BCUT2D eigenvalue weighted by atomic mass is 16.5. The van der Waals surface area contributed by atoms with E-state index in [0.717, 1.165) is 30.1 Å². The molecule has 0 radical (unpaired) electrons. The molecule has 0 heterocycles. The molecular formula is C17H20O2. The first kappa shape index (κ1) is 13.5. The first-order valence-electron chi connectivity index (χ1n) is 6.81. The quantitative estimate of drug-likeness (QED) is 0.737. The molecule has 19 heavy (non-hydrogen) atoms. The van der Waals surface area contributed by atoms with E-state index in [-0.39, 0.29) is 0 Å². The van der Waals surface area contributed by atoms with Crippen LogP contribution in [-0.2, 0) is 6.42 Å². The van der Waals surface area contributed by atoms with E-state index in [9.17, 15) is 0 Å². The van der Waals surface area contributed by atoms with Crippen LogP contribution in [-0.4, -0.2) is 6.61 Å². The lowest BCUT2D eigenvalue weighted by molar-refractivity contribution is 0.339. The predicted molar refractivity (Wildman–Crippen MR) is 78.1 cm³/mol. The third kappa shape index (κ3) is 4.02. The Morgan fingerprint density at radius 2 is 1.58 bits per heavy atom. The lowest BCUT2D eigenvalue weighted by Crippen LogP contribution is -1.91. The highest BCUT2D eigenvalue weighted by Crippen LogP contribution is 2.24. The molecule has 0 fully saturated rings. The zero-order chi connectivity index (χ0) is 13.5. The van der Waals surface area contributed by atoms with Gasteiger partial charge < -0.3 is 9.47 Å². The van der Waals surface area contributed by atoms with Crippen LogP contribution in [0, 0.1) is 0 Å². The number of aryl methyl sites for hydroxylation is 1. The maximum absolute atomic E-state index is 5.84. The fourth-order valence-electron chi connectivity index (χ4n) is 1.96. The van der Waals surface area contributed by atoms with Crippen LogP contribution in [0.2, 0.25) is 0 Å². The van der Waals surface area contributed by atoms with Gasteiger partial charge in [0.2, 0.25) is 0 Å². The molecule has 2 aromatic carbocycles. The Hall–Kier alpha value is -1.96. The Balaban J connectivity index is 2.05. The van der Waals surface area contributed by atoms with Gasteiger partial charge in [0.25, 0.3) is 0 Å². The number of hydrogen-bond donors (Lipinski definition) is 0. The molecule has 0 saturated heterocycles. The predicted octanol–water partition coefficient (Wildman–Crippen LogP) is 4.83. The van der Waals surface area contributed by atoms with Crippen LogP contribution in [0.3, 0.4) is 0 Å². The molecule has 0 aliphatic carbocycles. The van der Waals surface area contributed by atoms with E-state index in [4.69, 9.17) is 9.47 Å². The topological polar surface area (TPSA) is 18.5 Å². The van der Waals surface area contributed by atoms with Crippen molar-refractivity contribution in [3.8, 4) is 17.2 Å². The second-order valence-electron chi connectivity index (χ2n) is 4.40. The summed E-state index contributed by atoms with van der Waals surface area (Å²) in [5.41, 5.74) is 1.31. The normalized spacial score (nSPS) is 10.2. The van der Waals surface area contributed by atoms with Crippen molar-refractivity contribution in [2.75, 3.05) is 6.61 Å². The summed E-state index contributed by atoms with van der Waals surface area (Å²) in [5.74, 6) is 2.58. The van der Waals surface area contributed by atoms with E-state index in [1.807, 2.05) is 43.3 Å². The number of benzene rings is 2. The minimum Gasteiger partial charge on any atom is -0.494 e. The Labute approximate surface area is 115 Å². The van der Waals surface area contributed by atoms with Gasteiger partial charge in [-0.1, -0.05) is 25.5 Å². The number of hydrogen-bond acceptors (Lipinski definition) is 2. The van der Waals surface area contributed by atoms with Crippen molar-refractivity contribution in [1.82, 2.24) is 0 Å². The van der Waals surface area contributed by atoms with Crippen LogP contribution in [0.5, 0.6) is 17.2 Å². The van der Waals surface area contributed by atoms with Crippen molar-refractivity contribution < 1.29 is 9.47 Å². The van der Waals surface area contributed by atoms with E-state index >= 15 is 0 Å². The molecule has 100 valence electrons. The molecule has 2 aromatic rings. The molecule has 2 rings (SSSR count). The zero-order valence-corrected chi connectivity index (χ0v) is 11.6. The highest BCUT2D eigenvalue weighted by Gasteiger charge is 2.00. The molecule has 0 amide bonds. The minimum atomic E-state index is 0.680. The van der Waals surface area contributed by atoms with E-state index in [1.54, 1.807) is 0 Å². The maximum Gasteiger partial charge on any atom is 0.127 e. The van der Waals surface area contributed by atoms with Crippen LogP contribution >= 0.6 is 0 Å². The van der Waals surface area contributed by atoms with Gasteiger partial charge in [-0.2, -0.15) is 0 Å². The highest BCUT2D eigenvalue weighted by molar-refractivity contribution is 5.36. The van der Waals surface area contributed by atoms with Gasteiger partial charge in [-0.05, 0) is 55.3 Å². The fourth-order valence-corrected chi connectivity index (χ4v) is 1.96. The van der Waals surface area contributed by atoms with E-state index in [0.29, 0.717) is 6.61 Å². The molecule has 0 aliphatic heterocycles. The molecule has 0 aromatic heterocycles. The van der Waals surface area contributed by atoms with Gasteiger partial charge in [0.15, 0.2) is 0 Å². The van der Waals surface area contributed by atoms with Crippen LogP contribution in [0.25, 0.3) is 0 Å². The van der Waals surface area contributed by atoms with E-state index in [2.05, 4.69) is 19.1 Å². The molecule has 0 atom stereocenters. The number of ether oxygens (including phenoxy) is 2. The van der Waals surface area contributed by atoms with Crippen molar-refractivity contribution in [3.63, 3.8) is 0 Å². The lowest BCUT2D eigenvalue weighted by Gasteiger charge is -2.08. The summed E-state index contributed by atoms with van der Waals surface area (Å²) in [6.45, 7) is 4.84. The monoisotopic (exact) mass is 256 g/mol. The van der Waals surface area contributed by atoms with Crippen molar-refractivity contribution in [3.05, 3.63) is 54.1 Å². The molecule has 2 heteroatoms. The summed E-state index contributed by atoms with van der Waals surface area (Å²) in [5, 5.41) is 0. The smallest absolute Gasteiger partial charge is 0.127 e. The molecule has 0 saturated carbocycles. The van der Waals surface area contributed by atoms with E-state index < -0.39 is 0 Å². The van der Waals surface area contributed by atoms with Crippen molar-refractivity contribution in [2.45, 2.75) is 26.7 Å². The summed E-state index contributed by atoms with van der Waals surface area (Å²) in [6.07, 6.45) is 2.23. The van der Waals surface area contributed by atoms with Gasteiger partial charge in [0.05, 0.1) is 6.61 Å². The second-order valence-corrected chi connectivity index (χ2v) is 4.40. The maximum atomic E-state index is 5.84. The van der Waals surface area contributed by atoms with Crippen LogP contribution in [0.1, 0.15) is 25.8 Å². The molecule has 2 nitrogen and oxygen atoms in total. The first-order valence-corrected chi connectivity index (χ1v) is 6.81. The minimum absolute atomic E-state index is 0.680. The number of rotatable bonds is 6. The Morgan fingerprint density at radius 3 is 2.26 bits per heavy atom. The molecule has 0 N–H and O–H groups in total. The van der Waals surface area contributed by atoms with Crippen molar-refractivity contribution in [1.29, 1.82) is 0 Å². The summed E-state index contributed by atoms with van der Waals surface area (Å²) in [4.78, 5) is 0. The van der Waals surface area contributed by atoms with Gasteiger partial charge >= 0.3 is 0 Å². The molecular weight excluding hydrogens is 236 g/mol. The Morgan fingerprint density at radius 1 is 0.842 bits per heavy atom. The lowest BCUT2D eigenvalue weighted by atomic mass is 10.1. The summed E-state index contributed by atoms with van der Waals surface area (Å²) in [7, 11) is 0. The third-order valence-electron chi connectivity index (χ3n) is 2.81. The second kappa shape index (κ2) is 6.83. The van der Waals surface area contributed by atoms with Crippen LogP contribution in [0.15, 0.2) is 48.5 Å². The molecule has 0 spiro atoms. The summed E-state index contributed by atoms with van der Waals surface area (Å²) in [6, 6.07) is 16.0. The average Bonchev–Trinajstić information content (AvgIpc) is 2.42. The largest absolute Gasteiger partial charge is 0.494 e. The van der Waals surface area contributed by atoms with Gasteiger partial charge in [0, 0.05) is 0 Å². The standard InChI is InChI=1S/C17H20O2/c1-3-6-14-7-5-8-17(13-14)19-16-11-9-15(10-12-16)18-4-2/h5,7-13H,3-4,6H2,1-2H3. The van der Waals surface area contributed by atoms with Crippen LogP contribution in [0.4, 0.5) is 0 Å². The summed E-state index contributed by atoms with van der Waals surface area (Å²) >= 11 is 0. The molecule has 0 unspecified atom stereocenters. The SMILES string of the molecule is CCCc1cccc(Oc2ccc(OCC)cc2)c1. The Kier molecular flexibility index (Phi) is 4.85. The van der Waals surface area contributed by atoms with E-state index in [1.165, 1.54) is 5.56 Å². The average molecular weight is 256 g/mol. The van der Waals surface area contributed by atoms with Gasteiger partial charge in [-0.3, -0.25) is 0 Å². The molecule has 0 bridgehead atoms. The fraction of sp³-hybridized carbons (Fsp3) is 0.294. The van der Waals surface area contributed by atoms with Gasteiger partial charge in [0.1, 0.15) is 17.2 Å². The van der Waals surface area contributed by atoms with Gasteiger partial charge in [-0.25, -0.2) is 0 Å². The Bertz CT molecular complexity index is 503. The molecule has 0 aliphatic rings. The van der Waals surface area contributed by atoms with Gasteiger partial charge in [-0.15, -0.1) is 0 Å². The van der Waals surface area contributed by atoms with Crippen LogP contribution < -0.4 is 9.47 Å². The summed E-state index contributed by atoms with van der Waals surface area (Å²) < 4.78 is 11.2. The zero-order valence-electron chi connectivity index (χ0n) is 11.6. The first-order chi connectivity index (χ1) is 9.31. The van der Waals surface area contributed by atoms with Crippen molar-refractivity contribution >= 4 is 0 Å².